The lowest BCUT2D eigenvalue weighted by molar-refractivity contribution is 0.227. The van der Waals surface area contributed by atoms with E-state index in [1.54, 1.807) is 0 Å². The van der Waals surface area contributed by atoms with E-state index in [2.05, 4.69) is 41.5 Å². The minimum atomic E-state index is 0.853. The molecule has 23 heavy (non-hydrogen) atoms. The Morgan fingerprint density at radius 2 is 1.35 bits per heavy atom. The number of hydrogen-bond acceptors (Lipinski definition) is 0. The molecule has 0 aromatic heterocycles. The van der Waals surface area contributed by atoms with Crippen molar-refractivity contribution in [2.24, 2.45) is 35.5 Å². The first-order valence-corrected chi connectivity index (χ1v) is 10.9. The van der Waals surface area contributed by atoms with Crippen LogP contribution < -0.4 is 0 Å². The van der Waals surface area contributed by atoms with Gasteiger partial charge >= 0.3 is 0 Å². The summed E-state index contributed by atoms with van der Waals surface area (Å²) >= 11 is 0. The molecule has 1 atom stereocenters. The van der Waals surface area contributed by atoms with Crippen molar-refractivity contribution in [3.63, 3.8) is 0 Å². The first-order valence-electron chi connectivity index (χ1n) is 10.9. The van der Waals surface area contributed by atoms with Crippen LogP contribution in [0, 0.1) is 35.5 Å². The van der Waals surface area contributed by atoms with Crippen LogP contribution >= 0.6 is 0 Å². The molecule has 2 aliphatic carbocycles. The topological polar surface area (TPSA) is 0 Å². The van der Waals surface area contributed by atoms with Gasteiger partial charge in [-0.05, 0) is 41.9 Å². The SMILES string of the molecule is CC(CCCC1CC1)CC(C(C)C)C(C)C.CC1CCCCC1. The van der Waals surface area contributed by atoms with Gasteiger partial charge in [0.1, 0.15) is 0 Å². The maximum atomic E-state index is 2.46. The average molecular weight is 323 g/mol. The molecular weight excluding hydrogens is 276 g/mol. The van der Waals surface area contributed by atoms with E-state index in [4.69, 9.17) is 0 Å². The van der Waals surface area contributed by atoms with Gasteiger partial charge < -0.3 is 0 Å². The lowest BCUT2D eigenvalue weighted by Gasteiger charge is -2.27. The third kappa shape index (κ3) is 10.5. The quantitative estimate of drug-likeness (QED) is 0.423. The Bertz CT molecular complexity index is 260. The molecule has 2 aliphatic rings. The van der Waals surface area contributed by atoms with Crippen LogP contribution in [0.1, 0.15) is 112 Å². The summed E-state index contributed by atoms with van der Waals surface area (Å²) in [5, 5.41) is 0. The summed E-state index contributed by atoms with van der Waals surface area (Å²) in [6.07, 6.45) is 16.4. The van der Waals surface area contributed by atoms with Gasteiger partial charge in [0, 0.05) is 0 Å². The van der Waals surface area contributed by atoms with Crippen LogP contribution in [0.25, 0.3) is 0 Å². The van der Waals surface area contributed by atoms with Crippen molar-refractivity contribution in [1.82, 2.24) is 0 Å². The summed E-state index contributed by atoms with van der Waals surface area (Å²) in [5.41, 5.74) is 0. The van der Waals surface area contributed by atoms with E-state index < -0.39 is 0 Å². The van der Waals surface area contributed by atoms with Crippen LogP contribution in [0.3, 0.4) is 0 Å². The number of hydrogen-bond donors (Lipinski definition) is 0. The molecule has 0 aromatic carbocycles. The van der Waals surface area contributed by atoms with Gasteiger partial charge in [-0.2, -0.15) is 0 Å². The Balaban J connectivity index is 0.000000313. The fourth-order valence-electron chi connectivity index (χ4n) is 4.36. The summed E-state index contributed by atoms with van der Waals surface area (Å²) < 4.78 is 0. The molecule has 0 amide bonds. The Morgan fingerprint density at radius 3 is 1.74 bits per heavy atom. The molecule has 0 aromatic rings. The highest BCUT2D eigenvalue weighted by molar-refractivity contribution is 4.74. The minimum Gasteiger partial charge on any atom is -0.0625 e. The fourth-order valence-corrected chi connectivity index (χ4v) is 4.36. The summed E-state index contributed by atoms with van der Waals surface area (Å²) in [6.45, 7) is 14.4. The van der Waals surface area contributed by atoms with Gasteiger partial charge in [0.25, 0.3) is 0 Å². The van der Waals surface area contributed by atoms with Gasteiger partial charge in [0.05, 0.1) is 0 Å². The molecule has 0 heteroatoms. The predicted octanol–water partition coefficient (Wildman–Crippen LogP) is 8.11. The maximum Gasteiger partial charge on any atom is -0.0365 e. The Labute approximate surface area is 148 Å². The van der Waals surface area contributed by atoms with Crippen LogP contribution in [0.2, 0.25) is 0 Å². The molecule has 1 unspecified atom stereocenters. The van der Waals surface area contributed by atoms with Crippen molar-refractivity contribution in [3.8, 4) is 0 Å². The van der Waals surface area contributed by atoms with Crippen molar-refractivity contribution < 1.29 is 0 Å². The van der Waals surface area contributed by atoms with E-state index in [0.717, 1.165) is 35.5 Å². The normalized spacial score (nSPS) is 20.7. The zero-order valence-electron chi connectivity index (χ0n) is 17.2. The molecule has 0 spiro atoms. The first kappa shape index (κ1) is 21.0. The molecule has 0 radical (unpaired) electrons. The molecule has 2 rings (SSSR count). The highest BCUT2D eigenvalue weighted by Gasteiger charge is 2.22. The summed E-state index contributed by atoms with van der Waals surface area (Å²) in [6, 6.07) is 0. The van der Waals surface area contributed by atoms with Crippen molar-refractivity contribution in [3.05, 3.63) is 0 Å². The van der Waals surface area contributed by atoms with Crippen molar-refractivity contribution in [2.45, 2.75) is 112 Å². The van der Waals surface area contributed by atoms with E-state index in [1.165, 1.54) is 70.6 Å². The summed E-state index contributed by atoms with van der Waals surface area (Å²) in [4.78, 5) is 0. The monoisotopic (exact) mass is 322 g/mol. The molecule has 2 fully saturated rings. The standard InChI is InChI=1S/C16H32.C7H14/c1-12(2)16(13(3)4)11-14(5)7-6-8-15-9-10-15;1-7-5-3-2-4-6-7/h12-16H,6-11H2,1-5H3;7H,2-6H2,1H3. The van der Waals surface area contributed by atoms with Crippen LogP contribution in [-0.4, -0.2) is 0 Å². The third-order valence-electron chi connectivity index (χ3n) is 6.29. The van der Waals surface area contributed by atoms with Crippen molar-refractivity contribution >= 4 is 0 Å². The van der Waals surface area contributed by atoms with E-state index in [-0.39, 0.29) is 0 Å². The van der Waals surface area contributed by atoms with Gasteiger partial charge in [0.15, 0.2) is 0 Å². The second-order valence-corrected chi connectivity index (χ2v) is 9.61. The minimum absolute atomic E-state index is 0.853. The van der Waals surface area contributed by atoms with Gasteiger partial charge in [-0.3, -0.25) is 0 Å². The fraction of sp³-hybridized carbons (Fsp3) is 1.00. The van der Waals surface area contributed by atoms with E-state index in [1.807, 2.05) is 0 Å². The average Bonchev–Trinajstić information content (AvgIpc) is 3.30. The molecule has 0 heterocycles. The molecule has 0 saturated heterocycles. The van der Waals surface area contributed by atoms with Crippen LogP contribution in [-0.2, 0) is 0 Å². The van der Waals surface area contributed by atoms with Gasteiger partial charge in [0.2, 0.25) is 0 Å². The predicted molar refractivity (Wildman–Crippen MR) is 106 cm³/mol. The van der Waals surface area contributed by atoms with Crippen LogP contribution in [0.5, 0.6) is 0 Å². The molecule has 0 N–H and O–H groups in total. The first-order chi connectivity index (χ1) is 10.9. The van der Waals surface area contributed by atoms with Crippen LogP contribution in [0.15, 0.2) is 0 Å². The van der Waals surface area contributed by atoms with E-state index in [0.29, 0.717) is 0 Å². The Kier molecular flexibility index (Phi) is 10.6. The van der Waals surface area contributed by atoms with Gasteiger partial charge in [-0.25, -0.2) is 0 Å². The van der Waals surface area contributed by atoms with Gasteiger partial charge in [-0.1, -0.05) is 106 Å². The lowest BCUT2D eigenvalue weighted by atomic mass is 9.78. The Morgan fingerprint density at radius 1 is 0.783 bits per heavy atom. The van der Waals surface area contributed by atoms with E-state index in [9.17, 15) is 0 Å². The lowest BCUT2D eigenvalue weighted by Crippen LogP contribution is -2.18. The third-order valence-corrected chi connectivity index (χ3v) is 6.29. The van der Waals surface area contributed by atoms with E-state index >= 15 is 0 Å². The van der Waals surface area contributed by atoms with Crippen LogP contribution in [0.4, 0.5) is 0 Å². The Hall–Kier alpha value is 0. The summed E-state index contributed by atoms with van der Waals surface area (Å²) in [7, 11) is 0. The van der Waals surface area contributed by atoms with Crippen molar-refractivity contribution in [2.75, 3.05) is 0 Å². The smallest absolute Gasteiger partial charge is 0.0365 e. The zero-order valence-corrected chi connectivity index (χ0v) is 17.2. The molecular formula is C23H46. The maximum absolute atomic E-state index is 2.46. The second-order valence-electron chi connectivity index (χ2n) is 9.61. The number of rotatable bonds is 8. The van der Waals surface area contributed by atoms with Gasteiger partial charge in [-0.15, -0.1) is 0 Å². The van der Waals surface area contributed by atoms with Crippen molar-refractivity contribution in [1.29, 1.82) is 0 Å². The zero-order chi connectivity index (χ0) is 17.2. The molecule has 138 valence electrons. The molecule has 0 bridgehead atoms. The molecule has 0 aliphatic heterocycles. The molecule has 2 saturated carbocycles. The second kappa shape index (κ2) is 11.5. The highest BCUT2D eigenvalue weighted by atomic mass is 14.3. The summed E-state index contributed by atoms with van der Waals surface area (Å²) in [5.74, 6) is 5.73. The highest BCUT2D eigenvalue weighted by Crippen LogP contribution is 2.35. The largest absolute Gasteiger partial charge is 0.0625 e. The molecule has 0 nitrogen and oxygen atoms in total.